The van der Waals surface area contributed by atoms with Gasteiger partial charge in [-0.15, -0.1) is 11.3 Å². The number of rotatable bonds is 3. The SMILES string of the molecule is CC(=O)c1cc(C=CC(=O)O)cs1. The van der Waals surface area contributed by atoms with Crippen LogP contribution in [0.2, 0.25) is 0 Å². The maximum absolute atomic E-state index is 10.9. The highest BCUT2D eigenvalue weighted by molar-refractivity contribution is 7.12. The second-order valence-electron chi connectivity index (χ2n) is 2.47. The Balaban J connectivity index is 2.80. The zero-order valence-corrected chi connectivity index (χ0v) is 7.80. The van der Waals surface area contributed by atoms with Crippen molar-refractivity contribution in [1.82, 2.24) is 0 Å². The van der Waals surface area contributed by atoms with Gasteiger partial charge in [0.25, 0.3) is 0 Å². The molecule has 0 unspecified atom stereocenters. The Morgan fingerprint density at radius 2 is 2.23 bits per heavy atom. The molecule has 0 radical (unpaired) electrons. The van der Waals surface area contributed by atoms with Crippen LogP contribution in [0.3, 0.4) is 0 Å². The number of aliphatic carboxylic acids is 1. The largest absolute Gasteiger partial charge is 0.478 e. The summed E-state index contributed by atoms with van der Waals surface area (Å²) >= 11 is 1.32. The lowest BCUT2D eigenvalue weighted by Gasteiger charge is -1.82. The number of carbonyl (C=O) groups excluding carboxylic acids is 1. The first-order valence-electron chi connectivity index (χ1n) is 3.60. The van der Waals surface area contributed by atoms with E-state index in [0.29, 0.717) is 4.88 Å². The molecule has 0 saturated heterocycles. The molecule has 0 aliphatic rings. The van der Waals surface area contributed by atoms with Crippen LogP contribution in [0.4, 0.5) is 0 Å². The fraction of sp³-hybridized carbons (Fsp3) is 0.111. The Morgan fingerprint density at radius 1 is 1.54 bits per heavy atom. The minimum Gasteiger partial charge on any atom is -0.478 e. The summed E-state index contributed by atoms with van der Waals surface area (Å²) in [5.41, 5.74) is 0.748. The predicted molar refractivity (Wildman–Crippen MR) is 51.0 cm³/mol. The van der Waals surface area contributed by atoms with Crippen molar-refractivity contribution >= 4 is 29.2 Å². The van der Waals surface area contributed by atoms with Crippen LogP contribution < -0.4 is 0 Å². The average molecular weight is 196 g/mol. The van der Waals surface area contributed by atoms with E-state index in [2.05, 4.69) is 0 Å². The molecule has 0 aromatic carbocycles. The number of Topliss-reactive ketones (excluding diaryl/α,β-unsaturated/α-hetero) is 1. The molecule has 1 aromatic heterocycles. The van der Waals surface area contributed by atoms with E-state index in [4.69, 9.17) is 5.11 Å². The predicted octanol–water partition coefficient (Wildman–Crippen LogP) is 2.05. The third kappa shape index (κ3) is 2.83. The summed E-state index contributed by atoms with van der Waals surface area (Å²) in [6.07, 6.45) is 2.51. The van der Waals surface area contributed by atoms with Crippen molar-refractivity contribution < 1.29 is 14.7 Å². The van der Waals surface area contributed by atoms with Gasteiger partial charge in [0.2, 0.25) is 0 Å². The summed E-state index contributed by atoms with van der Waals surface area (Å²) in [5.74, 6) is -0.990. The highest BCUT2D eigenvalue weighted by atomic mass is 32.1. The molecule has 0 aliphatic carbocycles. The Bertz CT molecular complexity index is 363. The van der Waals surface area contributed by atoms with E-state index in [-0.39, 0.29) is 5.78 Å². The van der Waals surface area contributed by atoms with Gasteiger partial charge in [0.05, 0.1) is 4.88 Å². The van der Waals surface area contributed by atoms with Gasteiger partial charge in [-0.05, 0) is 30.0 Å². The first kappa shape index (κ1) is 9.67. The molecular weight excluding hydrogens is 188 g/mol. The minimum absolute atomic E-state index is 0.0000231. The van der Waals surface area contributed by atoms with E-state index in [9.17, 15) is 9.59 Å². The van der Waals surface area contributed by atoms with Crippen LogP contribution in [0.15, 0.2) is 17.5 Å². The smallest absolute Gasteiger partial charge is 0.328 e. The molecule has 0 spiro atoms. The van der Waals surface area contributed by atoms with Gasteiger partial charge in [-0.25, -0.2) is 4.79 Å². The number of ketones is 1. The number of carboxylic acids is 1. The molecule has 0 bridgehead atoms. The second kappa shape index (κ2) is 4.00. The number of hydrogen-bond donors (Lipinski definition) is 1. The third-order valence-corrected chi connectivity index (χ3v) is 2.43. The van der Waals surface area contributed by atoms with Crippen molar-refractivity contribution in [3.8, 4) is 0 Å². The van der Waals surface area contributed by atoms with Crippen molar-refractivity contribution in [3.63, 3.8) is 0 Å². The monoisotopic (exact) mass is 196 g/mol. The zero-order chi connectivity index (χ0) is 9.84. The molecular formula is C9H8O3S. The van der Waals surface area contributed by atoms with Gasteiger partial charge in [-0.1, -0.05) is 0 Å². The second-order valence-corrected chi connectivity index (χ2v) is 3.38. The maximum Gasteiger partial charge on any atom is 0.328 e. The van der Waals surface area contributed by atoms with Crippen LogP contribution in [0.1, 0.15) is 22.2 Å². The van der Waals surface area contributed by atoms with Crippen molar-refractivity contribution in [2.45, 2.75) is 6.92 Å². The highest BCUT2D eigenvalue weighted by Gasteiger charge is 2.01. The molecule has 3 nitrogen and oxygen atoms in total. The maximum atomic E-state index is 10.9. The van der Waals surface area contributed by atoms with Crippen LogP contribution in [0.25, 0.3) is 6.08 Å². The average Bonchev–Trinajstić information content (AvgIpc) is 2.48. The van der Waals surface area contributed by atoms with Crippen LogP contribution in [0, 0.1) is 0 Å². The van der Waals surface area contributed by atoms with Crippen LogP contribution in [-0.2, 0) is 4.79 Å². The van der Waals surface area contributed by atoms with E-state index in [1.807, 2.05) is 0 Å². The summed E-state index contributed by atoms with van der Waals surface area (Å²) < 4.78 is 0. The summed E-state index contributed by atoms with van der Waals surface area (Å²) in [4.78, 5) is 21.7. The Kier molecular flexibility index (Phi) is 2.97. The van der Waals surface area contributed by atoms with Gasteiger partial charge in [0.1, 0.15) is 0 Å². The van der Waals surface area contributed by atoms with Crippen molar-refractivity contribution in [3.05, 3.63) is 28.0 Å². The van der Waals surface area contributed by atoms with Gasteiger partial charge in [-0.2, -0.15) is 0 Å². The van der Waals surface area contributed by atoms with E-state index >= 15 is 0 Å². The third-order valence-electron chi connectivity index (χ3n) is 1.39. The van der Waals surface area contributed by atoms with Crippen LogP contribution >= 0.6 is 11.3 Å². The number of hydrogen-bond acceptors (Lipinski definition) is 3. The van der Waals surface area contributed by atoms with Gasteiger partial charge >= 0.3 is 5.97 Å². The summed E-state index contributed by atoms with van der Waals surface area (Å²) in [5, 5.41) is 10.1. The molecule has 68 valence electrons. The molecule has 0 amide bonds. The lowest BCUT2D eigenvalue weighted by atomic mass is 10.2. The van der Waals surface area contributed by atoms with E-state index in [0.717, 1.165) is 11.6 Å². The summed E-state index contributed by atoms with van der Waals surface area (Å²) in [6.45, 7) is 1.48. The molecule has 1 rings (SSSR count). The van der Waals surface area contributed by atoms with E-state index < -0.39 is 5.97 Å². The number of carbonyl (C=O) groups is 2. The number of carboxylic acid groups (broad SMARTS) is 1. The fourth-order valence-corrected chi connectivity index (χ4v) is 1.57. The van der Waals surface area contributed by atoms with Crippen molar-refractivity contribution in [1.29, 1.82) is 0 Å². The van der Waals surface area contributed by atoms with Crippen LogP contribution in [0.5, 0.6) is 0 Å². The van der Waals surface area contributed by atoms with Crippen molar-refractivity contribution in [2.24, 2.45) is 0 Å². The molecule has 1 aromatic rings. The quantitative estimate of drug-likeness (QED) is 0.594. The molecule has 0 atom stereocenters. The summed E-state index contributed by atoms with van der Waals surface area (Å²) in [6, 6.07) is 1.67. The zero-order valence-electron chi connectivity index (χ0n) is 6.98. The first-order valence-corrected chi connectivity index (χ1v) is 4.48. The summed E-state index contributed by atoms with van der Waals surface area (Å²) in [7, 11) is 0. The first-order chi connectivity index (χ1) is 6.09. The van der Waals surface area contributed by atoms with Gasteiger partial charge in [0.15, 0.2) is 5.78 Å². The molecule has 1 heterocycles. The fourth-order valence-electron chi connectivity index (χ4n) is 0.790. The Morgan fingerprint density at radius 3 is 2.69 bits per heavy atom. The standard InChI is InChI=1S/C9H8O3S/c1-6(10)8-4-7(5-13-8)2-3-9(11)12/h2-5H,1H3,(H,11,12). The topological polar surface area (TPSA) is 54.4 Å². The van der Waals surface area contributed by atoms with Crippen LogP contribution in [-0.4, -0.2) is 16.9 Å². The minimum atomic E-state index is -0.990. The molecule has 1 N–H and O–H groups in total. The van der Waals surface area contributed by atoms with Gasteiger partial charge < -0.3 is 5.11 Å². The lowest BCUT2D eigenvalue weighted by Crippen LogP contribution is -1.85. The van der Waals surface area contributed by atoms with E-state index in [1.165, 1.54) is 24.3 Å². The van der Waals surface area contributed by atoms with Gasteiger partial charge in [0, 0.05) is 6.08 Å². The molecule has 0 fully saturated rings. The number of thiophene rings is 1. The molecule has 0 saturated carbocycles. The highest BCUT2D eigenvalue weighted by Crippen LogP contribution is 2.16. The Hall–Kier alpha value is -1.42. The van der Waals surface area contributed by atoms with Crippen molar-refractivity contribution in [2.75, 3.05) is 0 Å². The normalized spacial score (nSPS) is 10.5. The van der Waals surface area contributed by atoms with Gasteiger partial charge in [-0.3, -0.25) is 4.79 Å². The Labute approximate surface area is 79.3 Å². The molecule has 0 aliphatic heterocycles. The van der Waals surface area contributed by atoms with E-state index in [1.54, 1.807) is 11.4 Å². The molecule has 4 heteroatoms. The molecule has 13 heavy (non-hydrogen) atoms. The lowest BCUT2D eigenvalue weighted by molar-refractivity contribution is -0.131.